The van der Waals surface area contributed by atoms with E-state index < -0.39 is 27.9 Å². The van der Waals surface area contributed by atoms with Crippen molar-refractivity contribution in [3.63, 3.8) is 0 Å². The van der Waals surface area contributed by atoms with E-state index in [9.17, 15) is 18.3 Å². The van der Waals surface area contributed by atoms with Crippen molar-refractivity contribution in [1.82, 2.24) is 10.6 Å². The summed E-state index contributed by atoms with van der Waals surface area (Å²) in [5.74, 6) is -0.446. The van der Waals surface area contributed by atoms with Crippen molar-refractivity contribution in [2.75, 3.05) is 12.3 Å². The molecule has 9 heteroatoms. The maximum atomic E-state index is 13.0. The van der Waals surface area contributed by atoms with E-state index in [2.05, 4.69) is 29.7 Å². The molecule has 3 aromatic rings. The van der Waals surface area contributed by atoms with Crippen molar-refractivity contribution in [3.8, 4) is 0 Å². The van der Waals surface area contributed by atoms with Gasteiger partial charge in [0.1, 0.15) is 0 Å². The molecule has 0 unspecified atom stereocenters. The molecule has 37 heavy (non-hydrogen) atoms. The second-order valence-corrected chi connectivity index (χ2v) is 12.0. The molecule has 0 radical (unpaired) electrons. The van der Waals surface area contributed by atoms with Gasteiger partial charge in [-0.15, -0.1) is 0 Å². The summed E-state index contributed by atoms with van der Waals surface area (Å²) in [5, 5.41) is 18.1. The van der Waals surface area contributed by atoms with Crippen LogP contribution >= 0.6 is 23.2 Å². The van der Waals surface area contributed by atoms with Crippen LogP contribution < -0.4 is 10.6 Å². The molecule has 0 saturated heterocycles. The van der Waals surface area contributed by atoms with Gasteiger partial charge in [0.15, 0.2) is 9.84 Å². The predicted octanol–water partition coefficient (Wildman–Crippen LogP) is 4.84. The Kier molecular flexibility index (Phi) is 10.6. The lowest BCUT2D eigenvalue weighted by Gasteiger charge is -2.25. The maximum absolute atomic E-state index is 13.0. The quantitative estimate of drug-likeness (QED) is 0.293. The molecule has 0 aromatic heterocycles. The Bertz CT molecular complexity index is 1290. The van der Waals surface area contributed by atoms with Crippen LogP contribution in [0.2, 0.25) is 10.0 Å². The van der Waals surface area contributed by atoms with E-state index in [0.29, 0.717) is 28.6 Å². The summed E-state index contributed by atoms with van der Waals surface area (Å²) >= 11 is 12.3. The number of aliphatic hydroxyl groups excluding tert-OH is 1. The molecule has 0 fully saturated rings. The van der Waals surface area contributed by atoms with E-state index in [4.69, 9.17) is 23.2 Å². The third-order valence-corrected chi connectivity index (χ3v) is 8.28. The van der Waals surface area contributed by atoms with Crippen molar-refractivity contribution in [2.24, 2.45) is 0 Å². The highest BCUT2D eigenvalue weighted by Gasteiger charge is 2.23. The first-order valence-corrected chi connectivity index (χ1v) is 14.6. The number of hydrogen-bond acceptors (Lipinski definition) is 5. The Morgan fingerprint density at radius 2 is 1.57 bits per heavy atom. The molecular weight excluding hydrogens is 531 g/mol. The normalized spacial score (nSPS) is 13.2. The lowest BCUT2D eigenvalue weighted by molar-refractivity contribution is 0.0830. The van der Waals surface area contributed by atoms with Crippen LogP contribution in [0.1, 0.15) is 40.9 Å². The number of hydrogen-bond donors (Lipinski definition) is 3. The average molecular weight is 564 g/mol. The molecule has 0 aliphatic carbocycles. The van der Waals surface area contributed by atoms with Crippen LogP contribution in [-0.4, -0.2) is 43.9 Å². The highest BCUT2D eigenvalue weighted by atomic mass is 35.5. The monoisotopic (exact) mass is 562 g/mol. The predicted molar refractivity (Wildman–Crippen MR) is 149 cm³/mol. The van der Waals surface area contributed by atoms with E-state index >= 15 is 0 Å². The molecule has 0 heterocycles. The zero-order chi connectivity index (χ0) is 27.0. The van der Waals surface area contributed by atoms with E-state index in [1.54, 1.807) is 25.1 Å². The van der Waals surface area contributed by atoms with Crippen LogP contribution in [-0.2, 0) is 29.2 Å². The molecule has 0 aliphatic heterocycles. The number of halogens is 2. The lowest BCUT2D eigenvalue weighted by Crippen LogP contribution is -2.48. The van der Waals surface area contributed by atoms with Crippen LogP contribution in [0.4, 0.5) is 0 Å². The minimum Gasteiger partial charge on any atom is -0.390 e. The summed E-state index contributed by atoms with van der Waals surface area (Å²) < 4.78 is 24.2. The van der Waals surface area contributed by atoms with Crippen LogP contribution in [0.25, 0.3) is 0 Å². The van der Waals surface area contributed by atoms with Crippen molar-refractivity contribution in [2.45, 2.75) is 50.3 Å². The minimum absolute atomic E-state index is 0.0231. The topological polar surface area (TPSA) is 95.5 Å². The van der Waals surface area contributed by atoms with Gasteiger partial charge in [-0.2, -0.15) is 0 Å². The van der Waals surface area contributed by atoms with Gasteiger partial charge in [-0.3, -0.25) is 4.79 Å². The summed E-state index contributed by atoms with van der Waals surface area (Å²) in [6.45, 7) is 4.48. The summed E-state index contributed by atoms with van der Waals surface area (Å²) in [6, 6.07) is 18.4. The minimum atomic E-state index is -3.37. The Morgan fingerprint density at radius 1 is 0.919 bits per heavy atom. The van der Waals surface area contributed by atoms with Crippen LogP contribution in [0, 0.1) is 0 Å². The molecule has 0 bridgehead atoms. The maximum Gasteiger partial charge on any atom is 0.251 e. The van der Waals surface area contributed by atoms with Gasteiger partial charge in [0.05, 0.1) is 22.8 Å². The molecule has 6 nitrogen and oxygen atoms in total. The second-order valence-electron chi connectivity index (χ2n) is 8.86. The zero-order valence-electron chi connectivity index (χ0n) is 20.9. The van der Waals surface area contributed by atoms with E-state index in [0.717, 1.165) is 17.5 Å². The van der Waals surface area contributed by atoms with Gasteiger partial charge in [-0.25, -0.2) is 8.42 Å². The smallest absolute Gasteiger partial charge is 0.251 e. The molecule has 0 spiro atoms. The van der Waals surface area contributed by atoms with Crippen LogP contribution in [0.3, 0.4) is 0 Å². The summed E-state index contributed by atoms with van der Waals surface area (Å²) in [4.78, 5) is 13.2. The number of carbonyl (C=O) groups excluding carboxylic acids is 1. The van der Waals surface area contributed by atoms with E-state index in [1.807, 2.05) is 12.1 Å². The summed E-state index contributed by atoms with van der Waals surface area (Å²) in [5.41, 5.74) is 3.40. The summed E-state index contributed by atoms with van der Waals surface area (Å²) in [6.07, 6.45) is 0.316. The van der Waals surface area contributed by atoms with Crippen LogP contribution in [0.15, 0.2) is 71.6 Å². The lowest BCUT2D eigenvalue weighted by atomic mass is 10.00. The van der Waals surface area contributed by atoms with E-state index in [-0.39, 0.29) is 17.2 Å². The molecule has 0 saturated carbocycles. The second kappa shape index (κ2) is 13.4. The van der Waals surface area contributed by atoms with Gasteiger partial charge < -0.3 is 15.7 Å². The number of sulfone groups is 1. The Morgan fingerprint density at radius 3 is 2.19 bits per heavy atom. The highest BCUT2D eigenvalue weighted by Crippen LogP contribution is 2.21. The molecule has 3 N–H and O–H groups in total. The molecular formula is C28H32Cl2N2O4S. The fourth-order valence-electron chi connectivity index (χ4n) is 3.96. The molecule has 0 aliphatic rings. The largest absolute Gasteiger partial charge is 0.390 e. The fourth-order valence-corrected chi connectivity index (χ4v) is 5.42. The first-order valence-electron chi connectivity index (χ1n) is 12.2. The van der Waals surface area contributed by atoms with Crippen molar-refractivity contribution in [3.05, 3.63) is 99.0 Å². The SMILES string of the molecule is CCc1cccc(CNC[C@@H](O)[C@H](Cc2cc(Cl)cc(Cl)c2)NC(=O)c2ccc(S(=O)(=O)CC)cc2)c1. The van der Waals surface area contributed by atoms with Crippen LogP contribution in [0.5, 0.6) is 0 Å². The average Bonchev–Trinajstić information content (AvgIpc) is 2.87. The highest BCUT2D eigenvalue weighted by molar-refractivity contribution is 7.91. The van der Waals surface area contributed by atoms with Gasteiger partial charge in [-0.05, 0) is 72.0 Å². The Hall–Kier alpha value is -2.42. The van der Waals surface area contributed by atoms with E-state index in [1.165, 1.54) is 29.8 Å². The van der Waals surface area contributed by atoms with Gasteiger partial charge in [0.25, 0.3) is 5.91 Å². The number of aliphatic hydroxyl groups is 1. The van der Waals surface area contributed by atoms with Gasteiger partial charge in [0, 0.05) is 28.7 Å². The number of aryl methyl sites for hydroxylation is 1. The first kappa shape index (κ1) is 29.1. The Balaban J connectivity index is 1.73. The van der Waals surface area contributed by atoms with Gasteiger partial charge >= 0.3 is 0 Å². The first-order chi connectivity index (χ1) is 17.6. The third kappa shape index (κ3) is 8.55. The number of nitrogens with one attached hydrogen (secondary N) is 2. The number of amides is 1. The van der Waals surface area contributed by atoms with Crippen molar-refractivity contribution < 1.29 is 18.3 Å². The molecule has 198 valence electrons. The van der Waals surface area contributed by atoms with Crippen molar-refractivity contribution >= 4 is 38.9 Å². The van der Waals surface area contributed by atoms with Gasteiger partial charge in [0.2, 0.25) is 0 Å². The molecule has 1 amide bonds. The number of benzene rings is 3. The number of carbonyl (C=O) groups is 1. The van der Waals surface area contributed by atoms with Gasteiger partial charge in [-0.1, -0.05) is 61.3 Å². The van der Waals surface area contributed by atoms with Crippen molar-refractivity contribution in [1.29, 1.82) is 0 Å². The zero-order valence-corrected chi connectivity index (χ0v) is 23.2. The fraction of sp³-hybridized carbons (Fsp3) is 0.321. The molecule has 3 rings (SSSR count). The summed E-state index contributed by atoms with van der Waals surface area (Å²) in [7, 11) is -3.37. The molecule has 2 atom stereocenters. The third-order valence-electron chi connectivity index (χ3n) is 6.10. The Labute approximate surface area is 228 Å². The number of rotatable bonds is 12. The standard InChI is InChI=1S/C28H32Cl2N2O4S/c1-3-19-6-5-7-20(12-19)17-31-18-27(33)26(15-21-13-23(29)16-24(30)14-21)32-28(34)22-8-10-25(11-9-22)37(35,36)4-2/h5-14,16,26-27,31,33H,3-4,15,17-18H2,1-2H3,(H,32,34)/t26-,27+/m0/s1. The molecule has 3 aromatic carbocycles.